The van der Waals surface area contributed by atoms with Gasteiger partial charge in [0, 0.05) is 49.0 Å². The molecule has 1 aromatic heterocycles. The Balaban J connectivity index is 1.24. The molecule has 0 saturated heterocycles. The molecule has 0 saturated carbocycles. The van der Waals surface area contributed by atoms with Crippen LogP contribution in [0.2, 0.25) is 0 Å². The molecule has 0 bridgehead atoms. The van der Waals surface area contributed by atoms with Gasteiger partial charge in [-0.3, -0.25) is 14.9 Å². The standard InChI is InChI=1S/C29H30N4O4S/c1-38(34,35)16-14-30-18-26-11-12-29(37-26)33-15-13-23-17-31-19-28(27(23)20-33)32-24-7-9-25(10-8-24)36-21-22-5-3-2-4-6-22/h2-13,15,17,20,23,30H,14,16,18-19,21H2,1H3. The van der Waals surface area contributed by atoms with E-state index in [9.17, 15) is 8.42 Å². The minimum atomic E-state index is -2.99. The van der Waals surface area contributed by atoms with Gasteiger partial charge in [-0.05, 0) is 35.9 Å². The van der Waals surface area contributed by atoms with Crippen LogP contribution in [0.1, 0.15) is 11.3 Å². The van der Waals surface area contributed by atoms with Gasteiger partial charge in [0.25, 0.3) is 0 Å². The van der Waals surface area contributed by atoms with Crippen molar-refractivity contribution in [2.45, 2.75) is 13.2 Å². The van der Waals surface area contributed by atoms with Crippen LogP contribution in [0.4, 0.5) is 11.6 Å². The first-order valence-corrected chi connectivity index (χ1v) is 14.5. The largest absolute Gasteiger partial charge is 0.489 e. The van der Waals surface area contributed by atoms with Crippen molar-refractivity contribution in [1.29, 1.82) is 0 Å². The quantitative estimate of drug-likeness (QED) is 0.382. The number of nitrogens with one attached hydrogen (secondary N) is 1. The number of ether oxygens (including phenoxy) is 1. The number of sulfone groups is 1. The van der Waals surface area contributed by atoms with Gasteiger partial charge in [0.05, 0.1) is 30.2 Å². The predicted molar refractivity (Wildman–Crippen MR) is 151 cm³/mol. The van der Waals surface area contributed by atoms with Crippen LogP contribution >= 0.6 is 0 Å². The summed E-state index contributed by atoms with van der Waals surface area (Å²) in [6, 6.07) is 21.6. The Labute approximate surface area is 223 Å². The van der Waals surface area contributed by atoms with E-state index in [4.69, 9.17) is 14.1 Å². The number of benzene rings is 2. The van der Waals surface area contributed by atoms with Crippen molar-refractivity contribution in [3.8, 4) is 5.75 Å². The van der Waals surface area contributed by atoms with Crippen LogP contribution in [0.3, 0.4) is 0 Å². The summed E-state index contributed by atoms with van der Waals surface area (Å²) in [5, 5.41) is 3.10. The lowest BCUT2D eigenvalue weighted by atomic mass is 9.92. The molecule has 5 rings (SSSR count). The molecule has 0 fully saturated rings. The van der Waals surface area contributed by atoms with Crippen molar-refractivity contribution in [1.82, 2.24) is 5.32 Å². The molecule has 3 aromatic rings. The molecule has 0 radical (unpaired) electrons. The van der Waals surface area contributed by atoms with Gasteiger partial charge in [0.15, 0.2) is 0 Å². The fourth-order valence-electron chi connectivity index (χ4n) is 4.13. The third-order valence-corrected chi connectivity index (χ3v) is 7.08. The lowest BCUT2D eigenvalue weighted by Crippen LogP contribution is -2.27. The van der Waals surface area contributed by atoms with Crippen LogP contribution in [0.5, 0.6) is 5.75 Å². The minimum Gasteiger partial charge on any atom is -0.489 e. The first-order valence-electron chi connectivity index (χ1n) is 12.4. The molecule has 0 amide bonds. The third-order valence-electron chi connectivity index (χ3n) is 6.13. The molecular formula is C29H30N4O4S. The Morgan fingerprint density at radius 3 is 2.71 bits per heavy atom. The molecule has 0 spiro atoms. The summed E-state index contributed by atoms with van der Waals surface area (Å²) >= 11 is 0. The van der Waals surface area contributed by atoms with Crippen LogP contribution in [0, 0.1) is 5.92 Å². The Hall–Kier alpha value is -3.95. The van der Waals surface area contributed by atoms with E-state index >= 15 is 0 Å². The second-order valence-corrected chi connectivity index (χ2v) is 11.5. The maximum absolute atomic E-state index is 11.3. The zero-order valence-corrected chi connectivity index (χ0v) is 22.0. The second-order valence-electron chi connectivity index (χ2n) is 9.22. The van der Waals surface area contributed by atoms with Gasteiger partial charge in [-0.15, -0.1) is 0 Å². The highest BCUT2D eigenvalue weighted by atomic mass is 32.2. The first-order chi connectivity index (χ1) is 18.4. The molecule has 2 aliphatic heterocycles. The van der Waals surface area contributed by atoms with Crippen LogP contribution in [-0.4, -0.2) is 45.4 Å². The molecule has 3 heterocycles. The average molecular weight is 531 g/mol. The van der Waals surface area contributed by atoms with E-state index in [0.29, 0.717) is 32.1 Å². The van der Waals surface area contributed by atoms with Crippen molar-refractivity contribution in [2.24, 2.45) is 15.9 Å². The van der Waals surface area contributed by atoms with Crippen molar-refractivity contribution >= 4 is 33.3 Å². The highest BCUT2D eigenvalue weighted by Crippen LogP contribution is 2.29. The lowest BCUT2D eigenvalue weighted by Gasteiger charge is -2.26. The number of hydrogen-bond donors (Lipinski definition) is 1. The smallest absolute Gasteiger partial charge is 0.203 e. The molecule has 2 aliphatic rings. The molecule has 0 aliphatic carbocycles. The van der Waals surface area contributed by atoms with E-state index in [1.165, 1.54) is 6.26 Å². The summed E-state index contributed by atoms with van der Waals surface area (Å²) in [6.07, 6.45) is 9.24. The maximum Gasteiger partial charge on any atom is 0.203 e. The number of nitrogens with zero attached hydrogens (tertiary/aromatic N) is 3. The van der Waals surface area contributed by atoms with Crippen molar-refractivity contribution in [2.75, 3.05) is 30.0 Å². The number of furan rings is 1. The minimum absolute atomic E-state index is 0.0549. The molecular weight excluding hydrogens is 500 g/mol. The number of anilines is 1. The number of hydrogen-bond acceptors (Lipinski definition) is 8. The molecule has 38 heavy (non-hydrogen) atoms. The molecule has 2 aromatic carbocycles. The number of fused-ring (bicyclic) bond motifs is 1. The van der Waals surface area contributed by atoms with Crippen molar-refractivity contribution in [3.63, 3.8) is 0 Å². The van der Waals surface area contributed by atoms with Crippen molar-refractivity contribution in [3.05, 3.63) is 102 Å². The Bertz CT molecular complexity index is 1470. The van der Waals surface area contributed by atoms with E-state index in [2.05, 4.69) is 16.4 Å². The molecule has 196 valence electrons. The second kappa shape index (κ2) is 11.6. The van der Waals surface area contributed by atoms with Gasteiger partial charge < -0.3 is 14.5 Å². The number of aliphatic imine (C=N–C) groups is 2. The Morgan fingerprint density at radius 2 is 1.92 bits per heavy atom. The first kappa shape index (κ1) is 25.7. The van der Waals surface area contributed by atoms with Crippen molar-refractivity contribution < 1.29 is 17.6 Å². The van der Waals surface area contributed by atoms with Gasteiger partial charge in [-0.2, -0.15) is 0 Å². The van der Waals surface area contributed by atoms with Gasteiger partial charge >= 0.3 is 0 Å². The SMILES string of the molecule is CS(=O)(=O)CCNCc1ccc(N2C=CC3C=NCC(=Nc4ccc(OCc5ccccc5)cc4)C3=C2)o1. The zero-order chi connectivity index (χ0) is 26.4. The predicted octanol–water partition coefficient (Wildman–Crippen LogP) is 4.68. The molecule has 9 heteroatoms. The van der Waals surface area contributed by atoms with Crippen LogP contribution < -0.4 is 15.0 Å². The van der Waals surface area contributed by atoms with Crippen LogP contribution in [0.25, 0.3) is 0 Å². The molecule has 1 N–H and O–H groups in total. The van der Waals surface area contributed by atoms with E-state index in [0.717, 1.165) is 34.0 Å². The number of allylic oxidation sites excluding steroid dienone is 1. The van der Waals surface area contributed by atoms with E-state index in [1.54, 1.807) is 0 Å². The topological polar surface area (TPSA) is 96.5 Å². The monoisotopic (exact) mass is 530 g/mol. The normalized spacial score (nSPS) is 17.9. The Kier molecular flexibility index (Phi) is 7.86. The van der Waals surface area contributed by atoms with Crippen LogP contribution in [0.15, 0.2) is 105 Å². The van der Waals surface area contributed by atoms with E-state index in [-0.39, 0.29) is 11.7 Å². The highest BCUT2D eigenvalue weighted by molar-refractivity contribution is 7.90. The molecule has 1 unspecified atom stereocenters. The summed E-state index contributed by atoms with van der Waals surface area (Å²) in [5.41, 5.74) is 3.93. The van der Waals surface area contributed by atoms with Crippen LogP contribution in [-0.2, 0) is 23.0 Å². The van der Waals surface area contributed by atoms with Gasteiger partial charge in [0.2, 0.25) is 5.88 Å². The fourth-order valence-corrected chi connectivity index (χ4v) is 4.64. The highest BCUT2D eigenvalue weighted by Gasteiger charge is 2.24. The molecule has 8 nitrogen and oxygen atoms in total. The summed E-state index contributed by atoms with van der Waals surface area (Å²) in [4.78, 5) is 11.3. The lowest BCUT2D eigenvalue weighted by molar-refractivity contribution is 0.306. The van der Waals surface area contributed by atoms with Gasteiger partial charge in [0.1, 0.15) is 28.0 Å². The number of rotatable bonds is 10. The summed E-state index contributed by atoms with van der Waals surface area (Å²) in [7, 11) is -2.99. The zero-order valence-electron chi connectivity index (χ0n) is 21.2. The fraction of sp³-hybridized carbons (Fsp3) is 0.241. The molecule has 1 atom stereocenters. The van der Waals surface area contributed by atoms with E-state index < -0.39 is 9.84 Å². The Morgan fingerprint density at radius 1 is 1.11 bits per heavy atom. The summed E-state index contributed by atoms with van der Waals surface area (Å²) in [5.74, 6) is 2.35. The van der Waals surface area contributed by atoms with E-state index in [1.807, 2.05) is 90.2 Å². The summed E-state index contributed by atoms with van der Waals surface area (Å²) < 4.78 is 34.5. The van der Waals surface area contributed by atoms with Gasteiger partial charge in [-0.1, -0.05) is 36.4 Å². The average Bonchev–Trinajstić information content (AvgIpc) is 3.40. The summed E-state index contributed by atoms with van der Waals surface area (Å²) in [6.45, 7) is 1.86. The third kappa shape index (κ3) is 6.87. The maximum atomic E-state index is 11.3. The van der Waals surface area contributed by atoms with Gasteiger partial charge in [-0.25, -0.2) is 8.42 Å².